The Kier molecular flexibility index (Phi) is 6.48. The average Bonchev–Trinajstić information content (AvgIpc) is 3.18. The number of anilines is 1. The number of methoxy groups -OCH3 is 1. The Balaban J connectivity index is 1.66. The van der Waals surface area contributed by atoms with Crippen LogP contribution in [0.15, 0.2) is 66.0 Å². The van der Waals surface area contributed by atoms with Crippen LogP contribution in [0.1, 0.15) is 11.1 Å². The van der Waals surface area contributed by atoms with E-state index in [1.54, 1.807) is 19.4 Å². The molecule has 148 valence electrons. The molecule has 0 bridgehead atoms. The Morgan fingerprint density at radius 1 is 1.34 bits per heavy atom. The second kappa shape index (κ2) is 9.42. The summed E-state index contributed by atoms with van der Waals surface area (Å²) in [7, 11) is 1.56. The molecule has 0 unspecified atom stereocenters. The van der Waals surface area contributed by atoms with Crippen molar-refractivity contribution in [1.29, 1.82) is 0 Å². The van der Waals surface area contributed by atoms with Gasteiger partial charge in [-0.1, -0.05) is 18.2 Å². The van der Waals surface area contributed by atoms with Gasteiger partial charge in [-0.05, 0) is 48.1 Å². The summed E-state index contributed by atoms with van der Waals surface area (Å²) in [5.41, 5.74) is 5.16. The molecule has 2 N–H and O–H groups in total. The fourth-order valence-corrected chi connectivity index (χ4v) is 2.73. The highest BCUT2D eigenvalue weighted by Crippen LogP contribution is 2.21. The summed E-state index contributed by atoms with van der Waals surface area (Å²) >= 11 is 5.20. The number of nitro groups is 1. The summed E-state index contributed by atoms with van der Waals surface area (Å²) in [5, 5.41) is 22.4. The number of aromatic nitrogens is 2. The normalized spacial score (nSPS) is 10.7. The number of para-hydroxylation sites is 1. The van der Waals surface area contributed by atoms with Gasteiger partial charge < -0.3 is 10.1 Å². The third-order valence-electron chi connectivity index (χ3n) is 3.88. The Labute approximate surface area is 172 Å². The molecule has 29 heavy (non-hydrogen) atoms. The maximum absolute atomic E-state index is 10.8. The van der Waals surface area contributed by atoms with E-state index in [1.807, 2.05) is 42.5 Å². The standard InChI is InChI=1S/C19H18N6O3S/c1-28-18-8-7-14(9-15(18)12-24-13-17(11-21-24)25(26)27)10-20-23-19(29)22-16-5-3-2-4-6-16/h2-11,13H,12H2,1H3,(H2,22,23,29). The number of hydrazone groups is 1. The van der Waals surface area contributed by atoms with Gasteiger partial charge in [0.15, 0.2) is 5.11 Å². The van der Waals surface area contributed by atoms with Crippen molar-refractivity contribution in [3.63, 3.8) is 0 Å². The zero-order valence-electron chi connectivity index (χ0n) is 15.5. The smallest absolute Gasteiger partial charge is 0.307 e. The topological polar surface area (TPSA) is 107 Å². The first-order valence-corrected chi connectivity index (χ1v) is 8.95. The van der Waals surface area contributed by atoms with E-state index in [0.29, 0.717) is 17.4 Å². The van der Waals surface area contributed by atoms with Gasteiger partial charge >= 0.3 is 5.69 Å². The van der Waals surface area contributed by atoms with Gasteiger partial charge in [0.25, 0.3) is 0 Å². The second-order valence-electron chi connectivity index (χ2n) is 5.91. The van der Waals surface area contributed by atoms with Gasteiger partial charge in [0, 0.05) is 11.3 Å². The van der Waals surface area contributed by atoms with Crippen LogP contribution >= 0.6 is 12.2 Å². The summed E-state index contributed by atoms with van der Waals surface area (Å²) in [6.07, 6.45) is 4.20. The van der Waals surface area contributed by atoms with Crippen LogP contribution in [0, 0.1) is 10.1 Å². The molecule has 0 saturated carbocycles. The molecule has 0 saturated heterocycles. The first-order chi connectivity index (χ1) is 14.0. The van der Waals surface area contributed by atoms with Crippen molar-refractivity contribution in [3.05, 3.63) is 82.2 Å². The summed E-state index contributed by atoms with van der Waals surface area (Å²) in [6, 6.07) is 15.0. The predicted octanol–water partition coefficient (Wildman–Crippen LogP) is 3.17. The maximum atomic E-state index is 10.8. The molecular formula is C19H18N6O3S. The molecule has 0 aliphatic heterocycles. The zero-order chi connectivity index (χ0) is 20.6. The van der Waals surface area contributed by atoms with Gasteiger partial charge in [0.2, 0.25) is 0 Å². The van der Waals surface area contributed by atoms with E-state index in [2.05, 4.69) is 20.9 Å². The first kappa shape index (κ1) is 20.0. The molecule has 9 nitrogen and oxygen atoms in total. The third-order valence-corrected chi connectivity index (χ3v) is 4.07. The van der Waals surface area contributed by atoms with Crippen molar-refractivity contribution in [3.8, 4) is 5.75 Å². The Bertz CT molecular complexity index is 1040. The summed E-state index contributed by atoms with van der Waals surface area (Å²) in [6.45, 7) is 0.320. The van der Waals surface area contributed by atoms with Crippen molar-refractivity contribution in [2.75, 3.05) is 12.4 Å². The van der Waals surface area contributed by atoms with Gasteiger partial charge in [0.05, 0.1) is 24.8 Å². The van der Waals surface area contributed by atoms with Crippen molar-refractivity contribution in [2.45, 2.75) is 6.54 Å². The molecule has 0 radical (unpaired) electrons. The van der Waals surface area contributed by atoms with Crippen LogP contribution in [0.3, 0.4) is 0 Å². The van der Waals surface area contributed by atoms with Crippen LogP contribution in [-0.2, 0) is 6.54 Å². The molecule has 0 aliphatic rings. The highest BCUT2D eigenvalue weighted by molar-refractivity contribution is 7.80. The van der Waals surface area contributed by atoms with E-state index in [9.17, 15) is 10.1 Å². The Morgan fingerprint density at radius 3 is 2.83 bits per heavy atom. The fraction of sp³-hybridized carbons (Fsp3) is 0.105. The second-order valence-corrected chi connectivity index (χ2v) is 6.32. The number of benzene rings is 2. The van der Waals surface area contributed by atoms with E-state index in [4.69, 9.17) is 17.0 Å². The van der Waals surface area contributed by atoms with E-state index in [-0.39, 0.29) is 5.69 Å². The van der Waals surface area contributed by atoms with Gasteiger partial charge in [-0.25, -0.2) is 0 Å². The molecule has 0 aliphatic carbocycles. The van der Waals surface area contributed by atoms with Crippen molar-refractivity contribution >= 4 is 34.9 Å². The lowest BCUT2D eigenvalue weighted by molar-refractivity contribution is -0.385. The van der Waals surface area contributed by atoms with Crippen LogP contribution < -0.4 is 15.5 Å². The van der Waals surface area contributed by atoms with E-state index in [1.165, 1.54) is 17.1 Å². The summed E-state index contributed by atoms with van der Waals surface area (Å²) in [5.74, 6) is 0.648. The van der Waals surface area contributed by atoms with Crippen molar-refractivity contribution < 1.29 is 9.66 Å². The highest BCUT2D eigenvalue weighted by Gasteiger charge is 2.11. The van der Waals surface area contributed by atoms with Crippen LogP contribution in [0.5, 0.6) is 5.75 Å². The third kappa shape index (κ3) is 5.59. The lowest BCUT2D eigenvalue weighted by atomic mass is 10.1. The van der Waals surface area contributed by atoms with Gasteiger partial charge in [-0.3, -0.25) is 20.2 Å². The predicted molar refractivity (Wildman–Crippen MR) is 114 cm³/mol. The lowest BCUT2D eigenvalue weighted by Gasteiger charge is -2.09. The van der Waals surface area contributed by atoms with Crippen LogP contribution in [-0.4, -0.2) is 33.1 Å². The molecule has 2 aromatic carbocycles. The Hall–Kier alpha value is -3.79. The number of hydrogen-bond acceptors (Lipinski definition) is 6. The number of ether oxygens (including phenoxy) is 1. The summed E-state index contributed by atoms with van der Waals surface area (Å²) < 4.78 is 6.85. The summed E-state index contributed by atoms with van der Waals surface area (Å²) in [4.78, 5) is 10.3. The molecule has 1 aromatic heterocycles. The van der Waals surface area contributed by atoms with Crippen molar-refractivity contribution in [1.82, 2.24) is 15.2 Å². The Morgan fingerprint density at radius 2 is 2.14 bits per heavy atom. The minimum atomic E-state index is -0.484. The molecule has 3 rings (SSSR count). The largest absolute Gasteiger partial charge is 0.496 e. The molecule has 0 fully saturated rings. The number of nitrogens with zero attached hydrogens (tertiary/aromatic N) is 4. The van der Waals surface area contributed by atoms with Crippen LogP contribution in [0.4, 0.5) is 11.4 Å². The number of rotatable bonds is 7. The number of thiocarbonyl (C=S) groups is 1. The molecule has 0 atom stereocenters. The van der Waals surface area contributed by atoms with Gasteiger partial charge in [-0.2, -0.15) is 10.2 Å². The first-order valence-electron chi connectivity index (χ1n) is 8.54. The van der Waals surface area contributed by atoms with E-state index in [0.717, 1.165) is 16.8 Å². The minimum absolute atomic E-state index is 0.0645. The van der Waals surface area contributed by atoms with Crippen LogP contribution in [0.2, 0.25) is 0 Å². The highest BCUT2D eigenvalue weighted by atomic mass is 32.1. The van der Waals surface area contributed by atoms with Gasteiger partial charge in [0.1, 0.15) is 18.1 Å². The fourth-order valence-electron chi connectivity index (χ4n) is 2.56. The lowest BCUT2D eigenvalue weighted by Crippen LogP contribution is -2.23. The number of hydrogen-bond donors (Lipinski definition) is 2. The SMILES string of the molecule is COc1ccc(C=NNC(=S)Nc2ccccc2)cc1Cn1cc([N+](=O)[O-])cn1. The maximum Gasteiger partial charge on any atom is 0.307 e. The van der Waals surface area contributed by atoms with E-state index < -0.39 is 4.92 Å². The van der Waals surface area contributed by atoms with Crippen molar-refractivity contribution in [2.24, 2.45) is 5.10 Å². The molecule has 1 heterocycles. The average molecular weight is 410 g/mol. The van der Waals surface area contributed by atoms with Crippen LogP contribution in [0.25, 0.3) is 0 Å². The molecule has 10 heteroatoms. The van der Waals surface area contributed by atoms with E-state index >= 15 is 0 Å². The zero-order valence-corrected chi connectivity index (χ0v) is 16.3. The molecule has 0 spiro atoms. The molecule has 0 amide bonds. The quantitative estimate of drug-likeness (QED) is 0.267. The monoisotopic (exact) mass is 410 g/mol. The molecule has 3 aromatic rings. The minimum Gasteiger partial charge on any atom is -0.496 e. The van der Waals surface area contributed by atoms with Gasteiger partial charge in [-0.15, -0.1) is 0 Å². The number of nitrogens with one attached hydrogen (secondary N) is 2. The molecular weight excluding hydrogens is 392 g/mol.